The molecule has 0 aliphatic heterocycles. The molecule has 18 heavy (non-hydrogen) atoms. The number of unbranched alkanes of at least 4 members (excludes halogenated alkanes) is 4. The van der Waals surface area contributed by atoms with Crippen LogP contribution >= 0.6 is 0 Å². The first-order valence-corrected chi connectivity index (χ1v) is 7.84. The molecule has 101 valence electrons. The van der Waals surface area contributed by atoms with Crippen molar-refractivity contribution >= 4 is 0 Å². The third kappa shape index (κ3) is 4.84. The van der Waals surface area contributed by atoms with Crippen LogP contribution in [0.3, 0.4) is 0 Å². The van der Waals surface area contributed by atoms with Gasteiger partial charge in [-0.1, -0.05) is 58.6 Å². The van der Waals surface area contributed by atoms with Gasteiger partial charge in [-0.25, -0.2) is 0 Å². The van der Waals surface area contributed by atoms with Crippen LogP contribution in [0.1, 0.15) is 76.0 Å². The third-order valence-electron chi connectivity index (χ3n) is 3.74. The highest BCUT2D eigenvalue weighted by Crippen LogP contribution is 2.20. The summed E-state index contributed by atoms with van der Waals surface area (Å²) >= 11 is 0. The molecule has 0 nitrogen and oxygen atoms in total. The monoisotopic (exact) mass is 245 g/mol. The SMILES string of the molecule is CCCCCCc1[c]ccc(CC)c1CCCC. The van der Waals surface area contributed by atoms with E-state index in [1.165, 1.54) is 56.9 Å². The van der Waals surface area contributed by atoms with E-state index in [0.717, 1.165) is 6.42 Å². The molecule has 0 heteroatoms. The molecule has 0 heterocycles. The van der Waals surface area contributed by atoms with Gasteiger partial charge < -0.3 is 0 Å². The number of hydrogen-bond acceptors (Lipinski definition) is 0. The van der Waals surface area contributed by atoms with E-state index in [9.17, 15) is 0 Å². The van der Waals surface area contributed by atoms with Gasteiger partial charge in [-0.2, -0.15) is 0 Å². The van der Waals surface area contributed by atoms with E-state index in [-0.39, 0.29) is 0 Å². The first-order valence-electron chi connectivity index (χ1n) is 7.84. The lowest BCUT2D eigenvalue weighted by molar-refractivity contribution is 0.661. The third-order valence-corrected chi connectivity index (χ3v) is 3.74. The lowest BCUT2D eigenvalue weighted by atomic mass is 9.92. The van der Waals surface area contributed by atoms with E-state index in [2.05, 4.69) is 39.0 Å². The molecule has 0 aliphatic carbocycles. The Kier molecular flexibility index (Phi) is 7.80. The number of hydrogen-bond donors (Lipinski definition) is 0. The minimum atomic E-state index is 1.16. The molecule has 0 aliphatic rings. The predicted octanol–water partition coefficient (Wildman–Crippen LogP) is 5.51. The summed E-state index contributed by atoms with van der Waals surface area (Å²) in [6.07, 6.45) is 11.6. The van der Waals surface area contributed by atoms with Gasteiger partial charge in [0.15, 0.2) is 0 Å². The van der Waals surface area contributed by atoms with Crippen molar-refractivity contribution in [3.63, 3.8) is 0 Å². The van der Waals surface area contributed by atoms with E-state index in [0.29, 0.717) is 0 Å². The summed E-state index contributed by atoms with van der Waals surface area (Å²) in [7, 11) is 0. The summed E-state index contributed by atoms with van der Waals surface area (Å²) in [6.45, 7) is 6.82. The summed E-state index contributed by atoms with van der Waals surface area (Å²) < 4.78 is 0. The van der Waals surface area contributed by atoms with Crippen molar-refractivity contribution in [1.29, 1.82) is 0 Å². The summed E-state index contributed by atoms with van der Waals surface area (Å²) in [5.74, 6) is 0. The van der Waals surface area contributed by atoms with E-state index in [4.69, 9.17) is 0 Å². The van der Waals surface area contributed by atoms with Crippen molar-refractivity contribution < 1.29 is 0 Å². The summed E-state index contributed by atoms with van der Waals surface area (Å²) in [4.78, 5) is 0. The van der Waals surface area contributed by atoms with Gasteiger partial charge in [-0.05, 0) is 54.9 Å². The second-order valence-electron chi connectivity index (χ2n) is 5.23. The highest BCUT2D eigenvalue weighted by Gasteiger charge is 2.07. The van der Waals surface area contributed by atoms with E-state index in [1.54, 1.807) is 11.1 Å². The zero-order valence-corrected chi connectivity index (χ0v) is 12.5. The number of benzene rings is 1. The van der Waals surface area contributed by atoms with Crippen LogP contribution in [-0.2, 0) is 19.3 Å². The molecule has 0 saturated carbocycles. The van der Waals surface area contributed by atoms with Crippen LogP contribution in [0.2, 0.25) is 0 Å². The zero-order chi connectivity index (χ0) is 13.2. The van der Waals surface area contributed by atoms with Gasteiger partial charge in [-0.15, -0.1) is 0 Å². The molecule has 1 radical (unpaired) electrons. The van der Waals surface area contributed by atoms with Crippen LogP contribution in [-0.4, -0.2) is 0 Å². The molecule has 0 atom stereocenters. The van der Waals surface area contributed by atoms with Crippen LogP contribution in [0.4, 0.5) is 0 Å². The molecule has 0 aromatic heterocycles. The maximum absolute atomic E-state index is 3.50. The Hall–Kier alpha value is -0.780. The van der Waals surface area contributed by atoms with Gasteiger partial charge in [-0.3, -0.25) is 0 Å². The van der Waals surface area contributed by atoms with Crippen molar-refractivity contribution in [2.45, 2.75) is 78.6 Å². The van der Waals surface area contributed by atoms with Gasteiger partial charge in [0.1, 0.15) is 0 Å². The highest BCUT2D eigenvalue weighted by molar-refractivity contribution is 5.35. The van der Waals surface area contributed by atoms with Gasteiger partial charge in [0.05, 0.1) is 0 Å². The molecule has 0 saturated heterocycles. The maximum atomic E-state index is 3.50. The molecule has 1 aromatic carbocycles. The lowest BCUT2D eigenvalue weighted by Gasteiger charge is -2.13. The Bertz CT molecular complexity index is 325. The molecule has 0 amide bonds. The molecule has 0 fully saturated rings. The van der Waals surface area contributed by atoms with Crippen LogP contribution < -0.4 is 0 Å². The summed E-state index contributed by atoms with van der Waals surface area (Å²) in [5, 5.41) is 0. The van der Waals surface area contributed by atoms with Gasteiger partial charge >= 0.3 is 0 Å². The van der Waals surface area contributed by atoms with Gasteiger partial charge in [0.25, 0.3) is 0 Å². The van der Waals surface area contributed by atoms with Crippen LogP contribution in [0.5, 0.6) is 0 Å². The molecule has 0 unspecified atom stereocenters. The van der Waals surface area contributed by atoms with Gasteiger partial charge in [0.2, 0.25) is 0 Å². The van der Waals surface area contributed by atoms with Crippen molar-refractivity contribution in [2.75, 3.05) is 0 Å². The number of rotatable bonds is 9. The Labute approximate surface area is 114 Å². The molecular formula is C18H29. The Balaban J connectivity index is 2.68. The average Bonchev–Trinajstić information content (AvgIpc) is 2.41. The summed E-state index contributed by atoms with van der Waals surface area (Å²) in [5.41, 5.74) is 4.66. The summed E-state index contributed by atoms with van der Waals surface area (Å²) in [6, 6.07) is 7.89. The normalized spacial score (nSPS) is 10.8. The lowest BCUT2D eigenvalue weighted by Crippen LogP contribution is -2.00. The van der Waals surface area contributed by atoms with Crippen LogP contribution in [0.25, 0.3) is 0 Å². The standard InChI is InChI=1S/C18H29/c1-4-7-9-10-12-17-14-11-13-16(6-3)18(17)15-8-5-2/h11,13H,4-10,12,15H2,1-3H3. The molecule has 0 spiro atoms. The minimum Gasteiger partial charge on any atom is -0.0654 e. The highest BCUT2D eigenvalue weighted by atomic mass is 14.1. The largest absolute Gasteiger partial charge is 0.0654 e. The van der Waals surface area contributed by atoms with E-state index < -0.39 is 0 Å². The fourth-order valence-corrected chi connectivity index (χ4v) is 2.57. The Morgan fingerprint density at radius 2 is 1.67 bits per heavy atom. The first kappa shape index (κ1) is 15.3. The van der Waals surface area contributed by atoms with Crippen molar-refractivity contribution in [2.24, 2.45) is 0 Å². The molecule has 1 aromatic rings. The Morgan fingerprint density at radius 1 is 0.889 bits per heavy atom. The van der Waals surface area contributed by atoms with Crippen molar-refractivity contribution in [3.8, 4) is 0 Å². The minimum absolute atomic E-state index is 1.16. The quantitative estimate of drug-likeness (QED) is 0.503. The maximum Gasteiger partial charge on any atom is -0.0146 e. The second kappa shape index (κ2) is 9.19. The molecule has 1 rings (SSSR count). The molecule has 0 N–H and O–H groups in total. The second-order valence-corrected chi connectivity index (χ2v) is 5.23. The van der Waals surface area contributed by atoms with Crippen molar-refractivity contribution in [1.82, 2.24) is 0 Å². The van der Waals surface area contributed by atoms with Crippen molar-refractivity contribution in [3.05, 3.63) is 34.9 Å². The fourth-order valence-electron chi connectivity index (χ4n) is 2.57. The predicted molar refractivity (Wildman–Crippen MR) is 81.1 cm³/mol. The van der Waals surface area contributed by atoms with Crippen LogP contribution in [0.15, 0.2) is 12.1 Å². The fraction of sp³-hybridized carbons (Fsp3) is 0.667. The number of aryl methyl sites for hydroxylation is 2. The average molecular weight is 245 g/mol. The topological polar surface area (TPSA) is 0 Å². The Morgan fingerprint density at radius 3 is 2.33 bits per heavy atom. The zero-order valence-electron chi connectivity index (χ0n) is 12.5. The van der Waals surface area contributed by atoms with E-state index in [1.807, 2.05) is 0 Å². The first-order chi connectivity index (χ1) is 8.83. The van der Waals surface area contributed by atoms with Crippen LogP contribution in [0, 0.1) is 6.07 Å². The van der Waals surface area contributed by atoms with Gasteiger partial charge in [0, 0.05) is 0 Å². The smallest absolute Gasteiger partial charge is 0.0146 e. The molecule has 0 bridgehead atoms. The van der Waals surface area contributed by atoms with E-state index >= 15 is 0 Å². The molecular weight excluding hydrogens is 216 g/mol.